The number of cyclic esters (lactones) is 2. The number of allylic oxidation sites excluding steroid dienone is 1. The highest BCUT2D eigenvalue weighted by atomic mass is 16.6. The van der Waals surface area contributed by atoms with Gasteiger partial charge in [0, 0.05) is 5.56 Å². The predicted octanol–water partition coefficient (Wildman–Crippen LogP) is 1.11. The highest BCUT2D eigenvalue weighted by molar-refractivity contribution is 6.23. The van der Waals surface area contributed by atoms with Crippen LogP contribution in [0.1, 0.15) is 48.4 Å². The van der Waals surface area contributed by atoms with Crippen molar-refractivity contribution in [3.05, 3.63) is 46.5 Å². The van der Waals surface area contributed by atoms with Crippen LogP contribution in [0.25, 0.3) is 0 Å². The standard InChI is InChI=1S/C15H10O7/c1-7(2)12(17)8-3-4-9-11(15(20)22-13(9)18)10(8)14(19)21-6-5-16/h3-5H,1,6H2,2H3. The molecule has 1 aliphatic rings. The Morgan fingerprint density at radius 3 is 2.55 bits per heavy atom. The van der Waals surface area contributed by atoms with Crippen LogP contribution in [-0.4, -0.2) is 36.6 Å². The molecule has 2 rings (SSSR count). The molecule has 1 aliphatic heterocycles. The molecule has 22 heavy (non-hydrogen) atoms. The molecule has 1 aromatic rings. The molecule has 0 unspecified atom stereocenters. The van der Waals surface area contributed by atoms with E-state index in [-0.39, 0.29) is 22.3 Å². The van der Waals surface area contributed by atoms with E-state index in [2.05, 4.69) is 16.1 Å². The molecule has 0 aliphatic carbocycles. The molecule has 1 aromatic carbocycles. The molecule has 0 spiro atoms. The first-order chi connectivity index (χ1) is 10.4. The number of carbonyl (C=O) groups excluding carboxylic acids is 5. The lowest BCUT2D eigenvalue weighted by atomic mass is 9.93. The zero-order valence-electron chi connectivity index (χ0n) is 11.5. The van der Waals surface area contributed by atoms with Gasteiger partial charge in [-0.15, -0.1) is 0 Å². The summed E-state index contributed by atoms with van der Waals surface area (Å²) in [6.07, 6.45) is 0.338. The van der Waals surface area contributed by atoms with E-state index < -0.39 is 35.9 Å². The average Bonchev–Trinajstić information content (AvgIpc) is 2.77. The van der Waals surface area contributed by atoms with Gasteiger partial charge in [-0.3, -0.25) is 9.59 Å². The Kier molecular flexibility index (Phi) is 3.98. The molecule has 0 N–H and O–H groups in total. The first kappa shape index (κ1) is 15.3. The molecule has 0 saturated carbocycles. The number of ketones is 1. The Balaban J connectivity index is 2.69. The molecule has 0 atom stereocenters. The van der Waals surface area contributed by atoms with Crippen LogP contribution in [-0.2, 0) is 14.3 Å². The molecular weight excluding hydrogens is 292 g/mol. The highest BCUT2D eigenvalue weighted by Gasteiger charge is 2.37. The summed E-state index contributed by atoms with van der Waals surface area (Å²) in [5.41, 5.74) is -0.895. The van der Waals surface area contributed by atoms with Gasteiger partial charge in [-0.05, 0) is 24.6 Å². The second kappa shape index (κ2) is 5.72. The van der Waals surface area contributed by atoms with E-state index in [1.165, 1.54) is 19.1 Å². The number of Topliss-reactive ketones (excluding diaryl/α,β-unsaturated/α-hetero) is 1. The number of carbonyl (C=O) groups is 5. The summed E-state index contributed by atoms with van der Waals surface area (Å²) in [6, 6.07) is 2.43. The molecule has 0 bridgehead atoms. The zero-order valence-corrected chi connectivity index (χ0v) is 11.5. The van der Waals surface area contributed by atoms with Crippen molar-refractivity contribution in [3.63, 3.8) is 0 Å². The summed E-state index contributed by atoms with van der Waals surface area (Å²) < 4.78 is 9.08. The van der Waals surface area contributed by atoms with Crippen LogP contribution in [0.2, 0.25) is 0 Å². The Hall–Kier alpha value is -3.09. The highest BCUT2D eigenvalue weighted by Crippen LogP contribution is 2.28. The van der Waals surface area contributed by atoms with Crippen molar-refractivity contribution >= 4 is 30.0 Å². The van der Waals surface area contributed by atoms with Gasteiger partial charge in [0.25, 0.3) is 0 Å². The molecule has 0 radical (unpaired) electrons. The van der Waals surface area contributed by atoms with Gasteiger partial charge in [-0.2, -0.15) is 0 Å². The largest absolute Gasteiger partial charge is 0.454 e. The number of hydrogen-bond acceptors (Lipinski definition) is 7. The predicted molar refractivity (Wildman–Crippen MR) is 71.7 cm³/mol. The molecule has 0 fully saturated rings. The third-order valence-corrected chi connectivity index (χ3v) is 2.93. The van der Waals surface area contributed by atoms with Crippen molar-refractivity contribution in [2.75, 3.05) is 6.61 Å². The van der Waals surface area contributed by atoms with E-state index in [9.17, 15) is 24.0 Å². The van der Waals surface area contributed by atoms with E-state index in [0.29, 0.717) is 6.29 Å². The Bertz CT molecular complexity index is 743. The normalized spacial score (nSPS) is 12.4. The van der Waals surface area contributed by atoms with Gasteiger partial charge in [0.1, 0.15) is 6.61 Å². The number of fused-ring (bicyclic) bond motifs is 1. The summed E-state index contributed by atoms with van der Waals surface area (Å²) in [6.45, 7) is 4.36. The maximum absolute atomic E-state index is 12.1. The molecule has 7 nitrogen and oxygen atoms in total. The third kappa shape index (κ3) is 2.44. The maximum Gasteiger partial charge on any atom is 0.347 e. The van der Waals surface area contributed by atoms with E-state index in [0.717, 1.165) is 0 Å². The number of aldehydes is 1. The van der Waals surface area contributed by atoms with Gasteiger partial charge in [-0.25, -0.2) is 14.4 Å². The maximum atomic E-state index is 12.1. The number of hydrogen-bond donors (Lipinski definition) is 0. The fourth-order valence-corrected chi connectivity index (χ4v) is 1.99. The average molecular weight is 302 g/mol. The SMILES string of the molecule is C=C(C)C(=O)c1ccc2c(c1C(=O)OCC=O)C(=O)OC2=O. The van der Waals surface area contributed by atoms with Crippen molar-refractivity contribution in [1.29, 1.82) is 0 Å². The topological polar surface area (TPSA) is 104 Å². The number of esters is 3. The van der Waals surface area contributed by atoms with Crippen LogP contribution in [0.15, 0.2) is 24.3 Å². The van der Waals surface area contributed by atoms with Crippen molar-refractivity contribution in [1.82, 2.24) is 0 Å². The Morgan fingerprint density at radius 2 is 1.95 bits per heavy atom. The van der Waals surface area contributed by atoms with Gasteiger partial charge in [0.05, 0.1) is 16.7 Å². The monoisotopic (exact) mass is 302 g/mol. The molecular formula is C15H10O7. The third-order valence-electron chi connectivity index (χ3n) is 2.93. The number of ether oxygens (including phenoxy) is 2. The minimum absolute atomic E-state index is 0.127. The summed E-state index contributed by atoms with van der Waals surface area (Å²) in [4.78, 5) is 57.8. The van der Waals surface area contributed by atoms with Crippen LogP contribution in [0.4, 0.5) is 0 Å². The fourth-order valence-electron chi connectivity index (χ4n) is 1.99. The first-order valence-corrected chi connectivity index (χ1v) is 6.13. The summed E-state index contributed by atoms with van der Waals surface area (Å²) in [7, 11) is 0. The van der Waals surface area contributed by atoms with Gasteiger partial charge < -0.3 is 9.47 Å². The summed E-state index contributed by atoms with van der Waals surface area (Å²) in [5.74, 6) is -3.62. The lowest BCUT2D eigenvalue weighted by Gasteiger charge is -2.10. The zero-order chi connectivity index (χ0) is 16.4. The van der Waals surface area contributed by atoms with E-state index >= 15 is 0 Å². The summed E-state index contributed by atoms with van der Waals surface area (Å²) >= 11 is 0. The molecule has 0 amide bonds. The van der Waals surface area contributed by atoms with Crippen LogP contribution >= 0.6 is 0 Å². The number of rotatable bonds is 5. The second-order valence-electron chi connectivity index (χ2n) is 4.46. The van der Waals surface area contributed by atoms with Gasteiger partial charge in [0.15, 0.2) is 12.1 Å². The van der Waals surface area contributed by atoms with Gasteiger partial charge >= 0.3 is 17.9 Å². The van der Waals surface area contributed by atoms with Crippen LogP contribution < -0.4 is 0 Å². The number of benzene rings is 1. The molecule has 1 heterocycles. The van der Waals surface area contributed by atoms with Gasteiger partial charge in [-0.1, -0.05) is 6.58 Å². The van der Waals surface area contributed by atoms with Crippen molar-refractivity contribution in [3.8, 4) is 0 Å². The van der Waals surface area contributed by atoms with Gasteiger partial charge in [0.2, 0.25) is 0 Å². The van der Waals surface area contributed by atoms with E-state index in [1.54, 1.807) is 0 Å². The quantitative estimate of drug-likeness (QED) is 0.264. The lowest BCUT2D eigenvalue weighted by Crippen LogP contribution is -2.18. The first-order valence-electron chi connectivity index (χ1n) is 6.13. The lowest BCUT2D eigenvalue weighted by molar-refractivity contribution is -0.110. The fraction of sp³-hybridized carbons (Fsp3) is 0.133. The minimum Gasteiger partial charge on any atom is -0.454 e. The second-order valence-corrected chi connectivity index (χ2v) is 4.46. The van der Waals surface area contributed by atoms with Crippen molar-refractivity contribution in [2.45, 2.75) is 6.92 Å². The van der Waals surface area contributed by atoms with Crippen molar-refractivity contribution in [2.24, 2.45) is 0 Å². The van der Waals surface area contributed by atoms with E-state index in [4.69, 9.17) is 0 Å². The van der Waals surface area contributed by atoms with Crippen LogP contribution in [0.5, 0.6) is 0 Å². The Morgan fingerprint density at radius 1 is 1.27 bits per heavy atom. The molecule has 112 valence electrons. The van der Waals surface area contributed by atoms with E-state index in [1.807, 2.05) is 0 Å². The molecule has 0 aromatic heterocycles. The van der Waals surface area contributed by atoms with Crippen molar-refractivity contribution < 1.29 is 33.4 Å². The van der Waals surface area contributed by atoms with Crippen LogP contribution in [0, 0.1) is 0 Å². The Labute approximate surface area is 124 Å². The molecule has 7 heteroatoms. The minimum atomic E-state index is -1.07. The van der Waals surface area contributed by atoms with Crippen LogP contribution in [0.3, 0.4) is 0 Å². The molecule has 0 saturated heterocycles. The smallest absolute Gasteiger partial charge is 0.347 e. The summed E-state index contributed by atoms with van der Waals surface area (Å²) in [5, 5.41) is 0.